The number of phenols is 2. The van der Waals surface area contributed by atoms with Crippen molar-refractivity contribution in [3.05, 3.63) is 119 Å². The lowest BCUT2D eigenvalue weighted by atomic mass is 10.0. The van der Waals surface area contributed by atoms with Gasteiger partial charge in [0.2, 0.25) is 5.91 Å². The fourth-order valence-electron chi connectivity index (χ4n) is 4.96. The van der Waals surface area contributed by atoms with Crippen molar-refractivity contribution in [3.63, 3.8) is 0 Å². The fraction of sp³-hybridized carbons (Fsp3) is 0.0968. The Hall–Kier alpha value is -4.49. The zero-order chi connectivity index (χ0) is 26.4. The van der Waals surface area contributed by atoms with E-state index in [-0.39, 0.29) is 28.3 Å². The van der Waals surface area contributed by atoms with E-state index in [0.29, 0.717) is 17.0 Å². The SMILES string of the molecule is Cc1cc(=O)n(-c2ccc(-c3ccc(N4C(=O)CSC4c4ccc(O)cc4)cc3)cc2)c2cc(O)ccc12. The first-order valence-electron chi connectivity index (χ1n) is 12.2. The van der Waals surface area contributed by atoms with Crippen molar-refractivity contribution in [1.29, 1.82) is 0 Å². The van der Waals surface area contributed by atoms with E-state index in [4.69, 9.17) is 0 Å². The van der Waals surface area contributed by atoms with Crippen molar-refractivity contribution in [1.82, 2.24) is 4.57 Å². The molecular weight excluding hydrogens is 496 g/mol. The maximum absolute atomic E-state index is 12.9. The summed E-state index contributed by atoms with van der Waals surface area (Å²) in [5, 5.41) is 20.4. The van der Waals surface area contributed by atoms with Gasteiger partial charge in [-0.15, -0.1) is 11.8 Å². The molecular formula is C31H24N2O4S. The average molecular weight is 521 g/mol. The highest BCUT2D eigenvalue weighted by Gasteiger charge is 2.34. The first-order valence-corrected chi connectivity index (χ1v) is 13.2. The number of anilines is 1. The molecule has 4 aromatic carbocycles. The van der Waals surface area contributed by atoms with E-state index in [2.05, 4.69) is 0 Å². The topological polar surface area (TPSA) is 82.8 Å². The van der Waals surface area contributed by atoms with Crippen LogP contribution in [-0.2, 0) is 4.79 Å². The monoisotopic (exact) mass is 520 g/mol. The molecule has 0 radical (unpaired) electrons. The Morgan fingerprint density at radius 3 is 2.00 bits per heavy atom. The molecule has 0 saturated carbocycles. The fourth-order valence-corrected chi connectivity index (χ4v) is 6.13. The number of hydrogen-bond acceptors (Lipinski definition) is 5. The maximum Gasteiger partial charge on any atom is 0.255 e. The molecule has 0 bridgehead atoms. The van der Waals surface area contributed by atoms with Crippen molar-refractivity contribution >= 4 is 34.3 Å². The molecule has 1 saturated heterocycles. The predicted octanol–water partition coefficient (Wildman–Crippen LogP) is 6.16. The summed E-state index contributed by atoms with van der Waals surface area (Å²) in [6.45, 7) is 1.89. The van der Waals surface area contributed by atoms with Gasteiger partial charge in [0.1, 0.15) is 16.9 Å². The summed E-state index contributed by atoms with van der Waals surface area (Å²) < 4.78 is 1.61. The van der Waals surface area contributed by atoms with Crippen molar-refractivity contribution < 1.29 is 15.0 Å². The van der Waals surface area contributed by atoms with Crippen molar-refractivity contribution in [2.45, 2.75) is 12.3 Å². The van der Waals surface area contributed by atoms with E-state index in [1.165, 1.54) is 0 Å². The number of carbonyl (C=O) groups is 1. The lowest BCUT2D eigenvalue weighted by Crippen LogP contribution is -2.27. The maximum atomic E-state index is 12.9. The zero-order valence-corrected chi connectivity index (χ0v) is 21.4. The zero-order valence-electron chi connectivity index (χ0n) is 20.5. The molecule has 7 heteroatoms. The van der Waals surface area contributed by atoms with Crippen LogP contribution < -0.4 is 10.5 Å². The number of carbonyl (C=O) groups excluding carboxylic acids is 1. The molecule has 1 unspecified atom stereocenters. The van der Waals surface area contributed by atoms with Gasteiger partial charge in [-0.05, 0) is 77.7 Å². The molecule has 0 spiro atoms. The number of aryl methyl sites for hydroxylation is 1. The standard InChI is InChI=1S/C31H24N2O4S/c1-19-16-29(36)32(28-17-26(35)14-15-27(19)28)23-8-2-20(3-9-23)21-4-10-24(11-5-21)33-30(37)18-38-31(33)22-6-12-25(34)13-7-22/h2-17,31,34-35H,18H2,1H3. The molecule has 6 rings (SSSR count). The number of aromatic nitrogens is 1. The molecule has 1 atom stereocenters. The van der Waals surface area contributed by atoms with Gasteiger partial charge in [-0.1, -0.05) is 36.4 Å². The smallest absolute Gasteiger partial charge is 0.255 e. The second-order valence-electron chi connectivity index (χ2n) is 9.31. The number of amides is 1. The van der Waals surface area contributed by atoms with Crippen LogP contribution in [0.5, 0.6) is 11.5 Å². The summed E-state index contributed by atoms with van der Waals surface area (Å²) >= 11 is 1.57. The number of fused-ring (bicyclic) bond motifs is 1. The van der Waals surface area contributed by atoms with Crippen LogP contribution in [0.15, 0.2) is 102 Å². The molecule has 1 fully saturated rings. The van der Waals surface area contributed by atoms with Crippen molar-refractivity contribution in [3.8, 4) is 28.3 Å². The first-order chi connectivity index (χ1) is 18.4. The van der Waals surface area contributed by atoms with Crippen molar-refractivity contribution in [2.24, 2.45) is 0 Å². The number of benzene rings is 4. The summed E-state index contributed by atoms with van der Waals surface area (Å²) in [7, 11) is 0. The average Bonchev–Trinajstić information content (AvgIpc) is 3.30. The molecule has 6 nitrogen and oxygen atoms in total. The molecule has 0 aliphatic carbocycles. The van der Waals surface area contributed by atoms with E-state index in [0.717, 1.165) is 33.3 Å². The quantitative estimate of drug-likeness (QED) is 0.297. The minimum Gasteiger partial charge on any atom is -0.508 e. The lowest BCUT2D eigenvalue weighted by molar-refractivity contribution is -0.115. The number of nitrogens with zero attached hydrogens (tertiary/aromatic N) is 2. The minimum absolute atomic E-state index is 0.0481. The Morgan fingerprint density at radius 1 is 0.737 bits per heavy atom. The molecule has 1 aliphatic heterocycles. The van der Waals surface area contributed by atoms with Crippen LogP contribution in [0.25, 0.3) is 27.7 Å². The molecule has 2 N–H and O–H groups in total. The van der Waals surface area contributed by atoms with E-state index >= 15 is 0 Å². The van der Waals surface area contributed by atoms with Gasteiger partial charge in [0.15, 0.2) is 0 Å². The van der Waals surface area contributed by atoms with Crippen molar-refractivity contribution in [2.75, 3.05) is 10.7 Å². The third-order valence-electron chi connectivity index (χ3n) is 6.86. The number of pyridine rings is 1. The number of hydrogen-bond donors (Lipinski definition) is 2. The van der Waals surface area contributed by atoms with E-state index in [1.54, 1.807) is 51.6 Å². The van der Waals surface area contributed by atoms with Gasteiger partial charge in [0.25, 0.3) is 5.56 Å². The second kappa shape index (κ2) is 9.43. The summed E-state index contributed by atoms with van der Waals surface area (Å²) in [5.74, 6) is 0.755. The first kappa shape index (κ1) is 23.9. The summed E-state index contributed by atoms with van der Waals surface area (Å²) in [6, 6.07) is 29.2. The Kier molecular flexibility index (Phi) is 5.93. The lowest BCUT2D eigenvalue weighted by Gasteiger charge is -2.24. The number of phenolic OH excluding ortho intramolecular Hbond substituents is 2. The Balaban J connectivity index is 1.30. The van der Waals surface area contributed by atoms with Crippen LogP contribution in [0.1, 0.15) is 16.5 Å². The van der Waals surface area contributed by atoms with Crippen LogP contribution in [0.4, 0.5) is 5.69 Å². The molecule has 5 aromatic rings. The highest BCUT2D eigenvalue weighted by atomic mass is 32.2. The third-order valence-corrected chi connectivity index (χ3v) is 8.07. The van der Waals surface area contributed by atoms with Crippen LogP contribution in [0, 0.1) is 6.92 Å². The predicted molar refractivity (Wildman–Crippen MR) is 152 cm³/mol. The van der Waals surface area contributed by atoms with Gasteiger partial charge in [-0.3, -0.25) is 19.1 Å². The van der Waals surface area contributed by atoms with E-state index in [9.17, 15) is 19.8 Å². The highest BCUT2D eigenvalue weighted by molar-refractivity contribution is 8.00. The Labute approximate surface area is 223 Å². The Morgan fingerprint density at radius 2 is 1.34 bits per heavy atom. The summed E-state index contributed by atoms with van der Waals surface area (Å²) in [4.78, 5) is 27.4. The molecule has 188 valence electrons. The van der Waals surface area contributed by atoms with E-state index < -0.39 is 0 Å². The van der Waals surface area contributed by atoms with Gasteiger partial charge in [0.05, 0.1) is 11.3 Å². The van der Waals surface area contributed by atoms with Gasteiger partial charge < -0.3 is 10.2 Å². The van der Waals surface area contributed by atoms with Gasteiger partial charge in [0, 0.05) is 28.9 Å². The van der Waals surface area contributed by atoms with Crippen LogP contribution in [0.2, 0.25) is 0 Å². The molecule has 1 aromatic heterocycles. The number of thioether (sulfide) groups is 1. The summed E-state index contributed by atoms with van der Waals surface area (Å²) in [6.07, 6.45) is 0. The van der Waals surface area contributed by atoms with Crippen LogP contribution in [0.3, 0.4) is 0 Å². The normalized spacial score (nSPS) is 15.3. The molecule has 2 heterocycles. The van der Waals surface area contributed by atoms with Gasteiger partial charge in [-0.2, -0.15) is 0 Å². The minimum atomic E-state index is -0.158. The molecule has 38 heavy (non-hydrogen) atoms. The number of rotatable bonds is 4. The summed E-state index contributed by atoms with van der Waals surface area (Å²) in [5.41, 5.74) is 5.81. The molecule has 1 aliphatic rings. The second-order valence-corrected chi connectivity index (χ2v) is 10.4. The Bertz CT molecular complexity index is 1730. The van der Waals surface area contributed by atoms with Gasteiger partial charge >= 0.3 is 0 Å². The van der Waals surface area contributed by atoms with Crippen LogP contribution >= 0.6 is 11.8 Å². The largest absolute Gasteiger partial charge is 0.508 e. The third kappa shape index (κ3) is 4.21. The van der Waals surface area contributed by atoms with E-state index in [1.807, 2.05) is 73.7 Å². The number of aromatic hydroxyl groups is 2. The highest BCUT2D eigenvalue weighted by Crippen LogP contribution is 2.42. The molecule has 1 amide bonds. The van der Waals surface area contributed by atoms with Crippen LogP contribution in [-0.4, -0.2) is 26.4 Å². The van der Waals surface area contributed by atoms with Gasteiger partial charge in [-0.25, -0.2) is 0 Å².